The monoisotopic (exact) mass is 165 g/mol. The SMILES string of the molecule is [B]/C(=C/C#N)OCC(=O)OCC. The summed E-state index contributed by atoms with van der Waals surface area (Å²) >= 11 is 0. The highest BCUT2D eigenvalue weighted by molar-refractivity contribution is 6.20. The molecule has 0 atom stereocenters. The molecular formula is C7H8BNO3. The Morgan fingerprint density at radius 2 is 2.33 bits per heavy atom. The molecule has 2 radical (unpaired) electrons. The summed E-state index contributed by atoms with van der Waals surface area (Å²) in [5.74, 6) is -0.508. The Hall–Kier alpha value is -1.44. The number of hydrogen-bond donors (Lipinski definition) is 0. The minimum absolute atomic E-state index is 0.0921. The third-order valence-corrected chi connectivity index (χ3v) is 0.869. The van der Waals surface area contributed by atoms with E-state index in [9.17, 15) is 4.79 Å². The van der Waals surface area contributed by atoms with E-state index >= 15 is 0 Å². The average Bonchev–Trinajstić information content (AvgIpc) is 2.02. The summed E-state index contributed by atoms with van der Waals surface area (Å²) in [5, 5.41) is 8.10. The van der Waals surface area contributed by atoms with Gasteiger partial charge in [-0.15, -0.1) is 0 Å². The molecule has 0 aliphatic rings. The van der Waals surface area contributed by atoms with Gasteiger partial charge in [-0.25, -0.2) is 4.79 Å². The number of ether oxygens (including phenoxy) is 2. The number of allylic oxidation sites excluding steroid dienone is 1. The predicted octanol–water partition coefficient (Wildman–Crippen LogP) is 0.0996. The van der Waals surface area contributed by atoms with E-state index in [1.165, 1.54) is 0 Å². The first-order valence-electron chi connectivity index (χ1n) is 3.34. The van der Waals surface area contributed by atoms with Crippen molar-refractivity contribution in [3.63, 3.8) is 0 Å². The van der Waals surface area contributed by atoms with Crippen LogP contribution < -0.4 is 0 Å². The molecule has 0 aromatic carbocycles. The van der Waals surface area contributed by atoms with Crippen LogP contribution in [-0.4, -0.2) is 27.0 Å². The number of nitriles is 1. The lowest BCUT2D eigenvalue weighted by atomic mass is 10.1. The number of rotatable bonds is 4. The fourth-order valence-electron chi connectivity index (χ4n) is 0.450. The quantitative estimate of drug-likeness (QED) is 0.256. The van der Waals surface area contributed by atoms with Gasteiger partial charge in [0.05, 0.1) is 18.3 Å². The Morgan fingerprint density at radius 3 is 2.83 bits per heavy atom. The van der Waals surface area contributed by atoms with E-state index in [0.717, 1.165) is 6.08 Å². The lowest BCUT2D eigenvalue weighted by molar-refractivity contribution is -0.146. The van der Waals surface area contributed by atoms with E-state index in [0.29, 0.717) is 6.61 Å². The molecule has 0 saturated carbocycles. The van der Waals surface area contributed by atoms with Gasteiger partial charge in [-0.05, 0) is 6.92 Å². The zero-order chi connectivity index (χ0) is 9.40. The summed E-state index contributed by atoms with van der Waals surface area (Å²) in [5.41, 5.74) is -0.0921. The standard InChI is InChI=1S/C7H8BNO3/c1-2-11-7(10)5-12-6(8)3-4-9/h3H,2,5H2,1H3/b6-3-. The molecule has 0 saturated heterocycles. The molecule has 0 bridgehead atoms. The second-order valence-corrected chi connectivity index (χ2v) is 1.77. The van der Waals surface area contributed by atoms with Crippen LogP contribution in [0.25, 0.3) is 0 Å². The van der Waals surface area contributed by atoms with Crippen LogP contribution in [0.4, 0.5) is 0 Å². The van der Waals surface area contributed by atoms with Gasteiger partial charge in [-0.2, -0.15) is 5.26 Å². The summed E-state index contributed by atoms with van der Waals surface area (Å²) in [4.78, 5) is 10.6. The highest BCUT2D eigenvalue weighted by Crippen LogP contribution is 1.90. The van der Waals surface area contributed by atoms with Gasteiger partial charge in [-0.3, -0.25) is 0 Å². The van der Waals surface area contributed by atoms with Crippen LogP contribution in [0.5, 0.6) is 0 Å². The van der Waals surface area contributed by atoms with Crippen molar-refractivity contribution in [3.05, 3.63) is 11.7 Å². The first-order chi connectivity index (χ1) is 5.70. The molecule has 0 spiro atoms. The molecule has 0 aromatic rings. The Bertz CT molecular complexity index is 219. The minimum atomic E-state index is -0.508. The average molecular weight is 165 g/mol. The van der Waals surface area contributed by atoms with Crippen molar-refractivity contribution in [1.29, 1.82) is 5.26 Å². The molecule has 0 unspecified atom stereocenters. The number of nitrogens with zero attached hydrogens (tertiary/aromatic N) is 1. The van der Waals surface area contributed by atoms with Crippen molar-refractivity contribution in [2.45, 2.75) is 6.92 Å². The Balaban J connectivity index is 3.63. The number of carbonyl (C=O) groups excluding carboxylic acids is 1. The fraction of sp³-hybridized carbons (Fsp3) is 0.429. The highest BCUT2D eigenvalue weighted by atomic mass is 16.6. The highest BCUT2D eigenvalue weighted by Gasteiger charge is 2.00. The second kappa shape index (κ2) is 6.29. The zero-order valence-corrected chi connectivity index (χ0v) is 6.74. The maximum atomic E-state index is 10.6. The summed E-state index contributed by atoms with van der Waals surface area (Å²) in [6, 6.07) is 1.66. The summed E-state index contributed by atoms with van der Waals surface area (Å²) < 4.78 is 9.18. The number of carbonyl (C=O) groups is 1. The van der Waals surface area contributed by atoms with Gasteiger partial charge in [0, 0.05) is 6.08 Å². The predicted molar refractivity (Wildman–Crippen MR) is 42.0 cm³/mol. The minimum Gasteiger partial charge on any atom is -0.497 e. The van der Waals surface area contributed by atoms with Crippen molar-refractivity contribution in [2.24, 2.45) is 0 Å². The first kappa shape index (κ1) is 10.6. The van der Waals surface area contributed by atoms with Gasteiger partial charge < -0.3 is 9.47 Å². The smallest absolute Gasteiger partial charge is 0.344 e. The molecule has 4 nitrogen and oxygen atoms in total. The molecule has 0 fully saturated rings. The van der Waals surface area contributed by atoms with Crippen molar-refractivity contribution in [3.8, 4) is 6.07 Å². The number of esters is 1. The van der Waals surface area contributed by atoms with Crippen molar-refractivity contribution in [2.75, 3.05) is 13.2 Å². The molecule has 0 aliphatic carbocycles. The Labute approximate surface area is 72.2 Å². The van der Waals surface area contributed by atoms with Gasteiger partial charge in [0.25, 0.3) is 0 Å². The van der Waals surface area contributed by atoms with Crippen LogP contribution in [0.1, 0.15) is 6.92 Å². The lowest BCUT2D eigenvalue weighted by Gasteiger charge is -2.04. The van der Waals surface area contributed by atoms with Crippen LogP contribution >= 0.6 is 0 Å². The molecular weight excluding hydrogens is 157 g/mol. The Kier molecular flexibility index (Phi) is 5.53. The topological polar surface area (TPSA) is 59.3 Å². The normalized spacial score (nSPS) is 10.2. The number of hydrogen-bond acceptors (Lipinski definition) is 4. The van der Waals surface area contributed by atoms with Gasteiger partial charge >= 0.3 is 5.97 Å². The molecule has 0 heterocycles. The molecule has 62 valence electrons. The molecule has 0 aromatic heterocycles. The van der Waals surface area contributed by atoms with Crippen LogP contribution in [0, 0.1) is 11.3 Å². The van der Waals surface area contributed by atoms with E-state index in [4.69, 9.17) is 13.1 Å². The van der Waals surface area contributed by atoms with Gasteiger partial charge in [0.15, 0.2) is 14.5 Å². The van der Waals surface area contributed by atoms with Crippen molar-refractivity contribution >= 4 is 13.8 Å². The Morgan fingerprint density at radius 1 is 1.67 bits per heavy atom. The molecule has 0 N–H and O–H groups in total. The van der Waals surface area contributed by atoms with Crippen molar-refractivity contribution < 1.29 is 14.3 Å². The first-order valence-corrected chi connectivity index (χ1v) is 3.34. The van der Waals surface area contributed by atoms with Crippen LogP contribution in [-0.2, 0) is 14.3 Å². The molecule has 0 amide bonds. The maximum absolute atomic E-state index is 10.6. The van der Waals surface area contributed by atoms with E-state index in [-0.39, 0.29) is 12.3 Å². The molecule has 0 aliphatic heterocycles. The lowest BCUT2D eigenvalue weighted by Crippen LogP contribution is -2.12. The van der Waals surface area contributed by atoms with Crippen molar-refractivity contribution in [1.82, 2.24) is 0 Å². The summed E-state index contributed by atoms with van der Waals surface area (Å²) in [7, 11) is 5.14. The maximum Gasteiger partial charge on any atom is 0.344 e. The fourth-order valence-corrected chi connectivity index (χ4v) is 0.450. The summed E-state index contributed by atoms with van der Waals surface area (Å²) in [6.07, 6.45) is 0.999. The largest absolute Gasteiger partial charge is 0.497 e. The van der Waals surface area contributed by atoms with E-state index < -0.39 is 5.97 Å². The van der Waals surface area contributed by atoms with Gasteiger partial charge in [0.1, 0.15) is 0 Å². The van der Waals surface area contributed by atoms with E-state index in [1.54, 1.807) is 13.0 Å². The zero-order valence-electron chi connectivity index (χ0n) is 6.74. The second-order valence-electron chi connectivity index (χ2n) is 1.77. The molecule has 5 heteroatoms. The van der Waals surface area contributed by atoms with Crippen LogP contribution in [0.3, 0.4) is 0 Å². The van der Waals surface area contributed by atoms with Crippen LogP contribution in [0.2, 0.25) is 0 Å². The van der Waals surface area contributed by atoms with Gasteiger partial charge in [-0.1, -0.05) is 0 Å². The van der Waals surface area contributed by atoms with Gasteiger partial charge in [0.2, 0.25) is 0 Å². The van der Waals surface area contributed by atoms with E-state index in [1.807, 2.05) is 0 Å². The van der Waals surface area contributed by atoms with E-state index in [2.05, 4.69) is 9.47 Å². The van der Waals surface area contributed by atoms with Crippen LogP contribution in [0.15, 0.2) is 11.7 Å². The summed E-state index contributed by atoms with van der Waals surface area (Å²) in [6.45, 7) is 1.72. The third kappa shape index (κ3) is 5.36. The third-order valence-electron chi connectivity index (χ3n) is 0.869. The molecule has 0 rings (SSSR count). The molecule has 12 heavy (non-hydrogen) atoms.